The van der Waals surface area contributed by atoms with E-state index in [1.54, 1.807) is 22.6 Å². The minimum atomic E-state index is -3.85. The molecule has 0 saturated heterocycles. The molecule has 1 heterocycles. The molecule has 7 heteroatoms. The quantitative estimate of drug-likeness (QED) is 0.618. The summed E-state index contributed by atoms with van der Waals surface area (Å²) in [7, 11) is 1.19. The van der Waals surface area contributed by atoms with Crippen molar-refractivity contribution in [2.75, 3.05) is 0 Å². The Morgan fingerprint density at radius 1 is 1.50 bits per heavy atom. The minimum absolute atomic E-state index is 0.0742. The highest BCUT2D eigenvalue weighted by Gasteiger charge is 2.16. The van der Waals surface area contributed by atoms with E-state index in [2.05, 4.69) is 4.98 Å². The Morgan fingerprint density at radius 3 is 2.50 bits per heavy atom. The number of nitrogens with one attached hydrogen (secondary N) is 1. The Kier molecular flexibility index (Phi) is 2.79. The van der Waals surface area contributed by atoms with Gasteiger partial charge in [0.15, 0.2) is 10.5 Å². The summed E-state index contributed by atoms with van der Waals surface area (Å²) in [6.45, 7) is 0. The molecule has 0 aromatic carbocycles. The van der Waals surface area contributed by atoms with Crippen LogP contribution in [0.25, 0.3) is 0 Å². The Hall–Kier alpha value is -0.0800. The van der Waals surface area contributed by atoms with Gasteiger partial charge < -0.3 is 4.98 Å². The SMILES string of the molecule is O=c1cc[nH]c(S(=O)(=O)Cl)c1I. The number of hydrogen-bond donors (Lipinski definition) is 1. The first-order valence-corrected chi connectivity index (χ1v) is 6.13. The molecule has 0 spiro atoms. The van der Waals surface area contributed by atoms with Gasteiger partial charge in [0.1, 0.15) is 0 Å². The van der Waals surface area contributed by atoms with E-state index in [-0.39, 0.29) is 14.0 Å². The maximum absolute atomic E-state index is 10.9. The molecule has 4 nitrogen and oxygen atoms in total. The summed E-state index contributed by atoms with van der Waals surface area (Å²) in [5, 5.41) is -0.253. The predicted molar refractivity (Wildman–Crippen MR) is 52.8 cm³/mol. The zero-order valence-electron chi connectivity index (χ0n) is 5.54. The van der Waals surface area contributed by atoms with Gasteiger partial charge >= 0.3 is 0 Å². The molecule has 0 atom stereocenters. The topological polar surface area (TPSA) is 67.0 Å². The van der Waals surface area contributed by atoms with Crippen molar-refractivity contribution in [3.63, 3.8) is 0 Å². The van der Waals surface area contributed by atoms with E-state index >= 15 is 0 Å². The van der Waals surface area contributed by atoms with Crippen molar-refractivity contribution in [2.45, 2.75) is 5.03 Å². The van der Waals surface area contributed by atoms with Crippen molar-refractivity contribution in [2.24, 2.45) is 0 Å². The lowest BCUT2D eigenvalue weighted by molar-refractivity contribution is 0.605. The van der Waals surface area contributed by atoms with Crippen molar-refractivity contribution < 1.29 is 8.42 Å². The fraction of sp³-hybridized carbons (Fsp3) is 0. The molecule has 12 heavy (non-hydrogen) atoms. The number of aromatic amines is 1. The summed E-state index contributed by atoms with van der Waals surface area (Å²) in [4.78, 5) is 13.3. The third kappa shape index (κ3) is 1.99. The molecular formula is C5H3ClINO3S. The molecule has 0 aliphatic rings. The maximum atomic E-state index is 10.9. The first kappa shape index (κ1) is 10.0. The van der Waals surface area contributed by atoms with E-state index in [1.807, 2.05) is 0 Å². The van der Waals surface area contributed by atoms with Gasteiger partial charge in [0.05, 0.1) is 3.57 Å². The molecule has 0 aliphatic carbocycles. The van der Waals surface area contributed by atoms with E-state index in [1.165, 1.54) is 12.3 Å². The van der Waals surface area contributed by atoms with Gasteiger partial charge in [-0.3, -0.25) is 4.79 Å². The molecule has 0 aliphatic heterocycles. The van der Waals surface area contributed by atoms with Crippen molar-refractivity contribution >= 4 is 42.3 Å². The smallest absolute Gasteiger partial charge is 0.277 e. The molecule has 1 aromatic heterocycles. The summed E-state index contributed by atoms with van der Waals surface area (Å²) in [6, 6.07) is 1.23. The Labute approximate surface area is 86.5 Å². The van der Waals surface area contributed by atoms with Crippen LogP contribution in [0, 0.1) is 3.57 Å². The van der Waals surface area contributed by atoms with Gasteiger partial charge in [-0.25, -0.2) is 8.42 Å². The highest BCUT2D eigenvalue weighted by atomic mass is 127. The lowest BCUT2D eigenvalue weighted by Gasteiger charge is -1.97. The highest BCUT2D eigenvalue weighted by molar-refractivity contribution is 14.1. The van der Waals surface area contributed by atoms with Crippen LogP contribution in [0.3, 0.4) is 0 Å². The summed E-state index contributed by atoms with van der Waals surface area (Å²) >= 11 is 1.62. The summed E-state index contributed by atoms with van der Waals surface area (Å²) < 4.78 is 21.7. The Morgan fingerprint density at radius 2 is 2.08 bits per heavy atom. The molecule has 1 aromatic rings. The van der Waals surface area contributed by atoms with Gasteiger partial charge in [0, 0.05) is 22.9 Å². The molecule has 0 bridgehead atoms. The monoisotopic (exact) mass is 319 g/mol. The summed E-state index contributed by atoms with van der Waals surface area (Å²) in [6.07, 6.45) is 1.24. The van der Waals surface area contributed by atoms with E-state index in [0.717, 1.165) is 0 Å². The van der Waals surface area contributed by atoms with Gasteiger partial charge in [-0.2, -0.15) is 0 Å². The zero-order chi connectivity index (χ0) is 9.35. The van der Waals surface area contributed by atoms with E-state index in [9.17, 15) is 13.2 Å². The van der Waals surface area contributed by atoms with Crippen molar-refractivity contribution in [1.82, 2.24) is 4.98 Å². The normalized spacial score (nSPS) is 11.5. The predicted octanol–water partition coefficient (Wildman–Crippen LogP) is 0.907. The number of rotatable bonds is 1. The van der Waals surface area contributed by atoms with Gasteiger partial charge in [-0.05, 0) is 22.6 Å². The van der Waals surface area contributed by atoms with Crippen LogP contribution in [0.4, 0.5) is 0 Å². The number of hydrogen-bond acceptors (Lipinski definition) is 3. The van der Waals surface area contributed by atoms with Crippen molar-refractivity contribution in [3.05, 3.63) is 26.1 Å². The molecule has 0 unspecified atom stereocenters. The number of halogens is 2. The molecule has 0 fully saturated rings. The first-order chi connectivity index (χ1) is 5.43. The third-order valence-corrected chi connectivity index (χ3v) is 3.82. The van der Waals surface area contributed by atoms with Gasteiger partial charge in [-0.1, -0.05) is 0 Å². The lowest BCUT2D eigenvalue weighted by Crippen LogP contribution is -2.10. The first-order valence-electron chi connectivity index (χ1n) is 2.75. The number of H-pyrrole nitrogens is 1. The molecular weight excluding hydrogens is 316 g/mol. The van der Waals surface area contributed by atoms with Crippen LogP contribution in [-0.2, 0) is 9.05 Å². The maximum Gasteiger partial charge on any atom is 0.277 e. The zero-order valence-corrected chi connectivity index (χ0v) is 9.27. The standard InChI is InChI=1S/C5H3ClINO3S/c6-12(10,11)5-4(7)3(9)1-2-8-5/h1-2H,(H,8,9). The number of pyridine rings is 1. The molecule has 0 saturated carbocycles. The van der Waals surface area contributed by atoms with Crippen molar-refractivity contribution in [1.29, 1.82) is 0 Å². The van der Waals surface area contributed by atoms with Crippen molar-refractivity contribution in [3.8, 4) is 0 Å². The van der Waals surface area contributed by atoms with Gasteiger partial charge in [0.2, 0.25) is 0 Å². The second-order valence-electron chi connectivity index (χ2n) is 1.92. The van der Waals surface area contributed by atoms with Crippen LogP contribution in [0.2, 0.25) is 0 Å². The average molecular weight is 320 g/mol. The van der Waals surface area contributed by atoms with E-state index in [4.69, 9.17) is 10.7 Å². The minimum Gasteiger partial charge on any atom is -0.350 e. The molecule has 1 N–H and O–H groups in total. The molecule has 1 rings (SSSR count). The van der Waals surface area contributed by atoms with Crippen LogP contribution in [0.1, 0.15) is 0 Å². The average Bonchev–Trinajstić information content (AvgIpc) is 1.92. The fourth-order valence-electron chi connectivity index (χ4n) is 0.619. The van der Waals surface area contributed by atoms with E-state index < -0.39 is 9.05 Å². The second-order valence-corrected chi connectivity index (χ2v) is 5.50. The second kappa shape index (κ2) is 3.35. The fourth-order valence-corrected chi connectivity index (χ4v) is 3.10. The molecule has 66 valence electrons. The third-order valence-electron chi connectivity index (χ3n) is 1.11. The Balaban J connectivity index is 3.58. The van der Waals surface area contributed by atoms with Gasteiger partial charge in [0.25, 0.3) is 9.05 Å². The summed E-state index contributed by atoms with van der Waals surface area (Å²) in [5.74, 6) is 0. The number of aromatic nitrogens is 1. The molecule has 0 amide bonds. The molecule has 0 radical (unpaired) electrons. The van der Waals surface area contributed by atoms with Crippen LogP contribution in [-0.4, -0.2) is 13.4 Å². The highest BCUT2D eigenvalue weighted by Crippen LogP contribution is 2.15. The van der Waals surface area contributed by atoms with Crippen LogP contribution in [0.5, 0.6) is 0 Å². The lowest BCUT2D eigenvalue weighted by atomic mass is 10.5. The van der Waals surface area contributed by atoms with Crippen LogP contribution >= 0.6 is 33.3 Å². The summed E-state index contributed by atoms with van der Waals surface area (Å²) in [5.41, 5.74) is -0.367. The van der Waals surface area contributed by atoms with Gasteiger partial charge in [-0.15, -0.1) is 0 Å². The van der Waals surface area contributed by atoms with Crippen LogP contribution < -0.4 is 5.43 Å². The largest absolute Gasteiger partial charge is 0.350 e. The van der Waals surface area contributed by atoms with Crippen LogP contribution in [0.15, 0.2) is 22.1 Å². The van der Waals surface area contributed by atoms with E-state index in [0.29, 0.717) is 0 Å². The Bertz CT molecular complexity index is 452.